The van der Waals surface area contributed by atoms with Crippen LogP contribution in [0, 0.1) is 5.92 Å². The topological polar surface area (TPSA) is 64.9 Å². The van der Waals surface area contributed by atoms with Gasteiger partial charge in [0.2, 0.25) is 5.89 Å². The zero-order valence-electron chi connectivity index (χ0n) is 11.5. The molecule has 2 aromatic rings. The average Bonchev–Trinajstić information content (AvgIpc) is 2.86. The summed E-state index contributed by atoms with van der Waals surface area (Å²) < 4.78 is 5.24. The second kappa shape index (κ2) is 6.48. The van der Waals surface area contributed by atoms with Crippen molar-refractivity contribution < 1.29 is 4.52 Å². The van der Waals surface area contributed by atoms with Crippen molar-refractivity contribution in [1.82, 2.24) is 10.1 Å². The fraction of sp³-hybridized carbons (Fsp3) is 0.467. The second-order valence-corrected chi connectivity index (χ2v) is 5.28. The van der Waals surface area contributed by atoms with Crippen molar-refractivity contribution in [2.45, 2.75) is 39.2 Å². The van der Waals surface area contributed by atoms with Gasteiger partial charge in [0.05, 0.1) is 6.04 Å². The lowest BCUT2D eigenvalue weighted by Gasteiger charge is -2.06. The van der Waals surface area contributed by atoms with E-state index in [0.29, 0.717) is 18.2 Å². The van der Waals surface area contributed by atoms with Gasteiger partial charge in [-0.15, -0.1) is 0 Å². The summed E-state index contributed by atoms with van der Waals surface area (Å²) in [5.74, 6) is 1.93. The number of aryl methyl sites for hydroxylation is 1. The van der Waals surface area contributed by atoms with Crippen molar-refractivity contribution >= 4 is 0 Å². The molecule has 0 saturated carbocycles. The molecule has 2 N–H and O–H groups in total. The maximum atomic E-state index is 6.10. The van der Waals surface area contributed by atoms with Crippen LogP contribution in [0.25, 0.3) is 0 Å². The van der Waals surface area contributed by atoms with Crippen LogP contribution >= 0.6 is 0 Å². The summed E-state index contributed by atoms with van der Waals surface area (Å²) in [5.41, 5.74) is 7.28. The maximum Gasteiger partial charge on any atom is 0.243 e. The van der Waals surface area contributed by atoms with Crippen LogP contribution in [-0.4, -0.2) is 10.1 Å². The molecule has 102 valence electrons. The molecule has 0 saturated heterocycles. The maximum absolute atomic E-state index is 6.10. The molecular formula is C15H21N3O. The van der Waals surface area contributed by atoms with Crippen LogP contribution in [0.4, 0.5) is 0 Å². The SMILES string of the molecule is CC(C)CCc1noc([C@H](N)Cc2ccccc2)n1. The van der Waals surface area contributed by atoms with Gasteiger partial charge >= 0.3 is 0 Å². The fourth-order valence-corrected chi connectivity index (χ4v) is 1.89. The van der Waals surface area contributed by atoms with E-state index in [4.69, 9.17) is 10.3 Å². The minimum Gasteiger partial charge on any atom is -0.338 e. The highest BCUT2D eigenvalue weighted by Crippen LogP contribution is 2.15. The zero-order valence-corrected chi connectivity index (χ0v) is 11.5. The third kappa shape index (κ3) is 4.17. The zero-order chi connectivity index (χ0) is 13.7. The molecule has 0 fully saturated rings. The van der Waals surface area contributed by atoms with Crippen molar-refractivity contribution in [2.75, 3.05) is 0 Å². The normalized spacial score (nSPS) is 12.8. The summed E-state index contributed by atoms with van der Waals surface area (Å²) in [5, 5.41) is 3.98. The Morgan fingerprint density at radius 3 is 2.63 bits per heavy atom. The quantitative estimate of drug-likeness (QED) is 0.866. The van der Waals surface area contributed by atoms with Crippen molar-refractivity contribution in [2.24, 2.45) is 11.7 Å². The van der Waals surface area contributed by atoms with Gasteiger partial charge in [-0.05, 0) is 24.3 Å². The van der Waals surface area contributed by atoms with E-state index in [1.165, 1.54) is 5.56 Å². The van der Waals surface area contributed by atoms with Crippen molar-refractivity contribution in [1.29, 1.82) is 0 Å². The summed E-state index contributed by atoms with van der Waals surface area (Å²) in [4.78, 5) is 4.38. The van der Waals surface area contributed by atoms with Crippen LogP contribution in [0.15, 0.2) is 34.9 Å². The predicted molar refractivity (Wildman–Crippen MR) is 74.5 cm³/mol. The standard InChI is InChI=1S/C15H21N3O/c1-11(2)8-9-14-17-15(19-18-14)13(16)10-12-6-4-3-5-7-12/h3-7,11,13H,8-10,16H2,1-2H3/t13-/m1/s1. The first-order valence-corrected chi connectivity index (χ1v) is 6.77. The lowest BCUT2D eigenvalue weighted by Crippen LogP contribution is -2.13. The van der Waals surface area contributed by atoms with E-state index < -0.39 is 0 Å². The smallest absolute Gasteiger partial charge is 0.243 e. The monoisotopic (exact) mass is 259 g/mol. The third-order valence-electron chi connectivity index (χ3n) is 3.04. The van der Waals surface area contributed by atoms with Crippen molar-refractivity contribution in [3.8, 4) is 0 Å². The van der Waals surface area contributed by atoms with E-state index in [-0.39, 0.29) is 6.04 Å². The molecule has 2 rings (SSSR count). The third-order valence-corrected chi connectivity index (χ3v) is 3.04. The number of benzene rings is 1. The molecule has 1 aromatic carbocycles. The molecular weight excluding hydrogens is 238 g/mol. The second-order valence-electron chi connectivity index (χ2n) is 5.28. The number of nitrogens with two attached hydrogens (primary N) is 1. The Bertz CT molecular complexity index is 493. The van der Waals surface area contributed by atoms with Crippen LogP contribution in [0.2, 0.25) is 0 Å². The molecule has 4 heteroatoms. The van der Waals surface area contributed by atoms with Crippen LogP contribution in [0.1, 0.15) is 43.6 Å². The summed E-state index contributed by atoms with van der Waals surface area (Å²) in [6.45, 7) is 4.37. The van der Waals surface area contributed by atoms with Gasteiger partial charge in [0, 0.05) is 6.42 Å². The van der Waals surface area contributed by atoms with Crippen LogP contribution in [0.3, 0.4) is 0 Å². The molecule has 0 spiro atoms. The summed E-state index contributed by atoms with van der Waals surface area (Å²) >= 11 is 0. The molecule has 0 radical (unpaired) electrons. The van der Waals surface area contributed by atoms with E-state index >= 15 is 0 Å². The van der Waals surface area contributed by atoms with E-state index in [1.807, 2.05) is 18.2 Å². The van der Waals surface area contributed by atoms with E-state index in [2.05, 4.69) is 36.1 Å². The summed E-state index contributed by atoms with van der Waals surface area (Å²) in [6.07, 6.45) is 2.62. The van der Waals surface area contributed by atoms with Crippen molar-refractivity contribution in [3.63, 3.8) is 0 Å². The highest BCUT2D eigenvalue weighted by atomic mass is 16.5. The number of nitrogens with zero attached hydrogens (tertiary/aromatic N) is 2. The van der Waals surface area contributed by atoms with Gasteiger partial charge in [0.1, 0.15) is 0 Å². The predicted octanol–water partition coefficient (Wildman–Crippen LogP) is 2.90. The van der Waals surface area contributed by atoms with Crippen LogP contribution in [-0.2, 0) is 12.8 Å². The molecule has 0 aliphatic heterocycles. The fourth-order valence-electron chi connectivity index (χ4n) is 1.89. The molecule has 1 heterocycles. The van der Waals surface area contributed by atoms with Gasteiger partial charge < -0.3 is 10.3 Å². The first-order chi connectivity index (χ1) is 9.15. The molecule has 19 heavy (non-hydrogen) atoms. The van der Waals surface area contributed by atoms with Gasteiger partial charge in [-0.1, -0.05) is 49.3 Å². The molecule has 0 unspecified atom stereocenters. The Balaban J connectivity index is 1.94. The molecule has 1 atom stereocenters. The highest BCUT2D eigenvalue weighted by molar-refractivity contribution is 5.16. The number of aromatic nitrogens is 2. The van der Waals surface area contributed by atoms with E-state index in [9.17, 15) is 0 Å². The minimum atomic E-state index is -0.234. The summed E-state index contributed by atoms with van der Waals surface area (Å²) in [6, 6.07) is 9.87. The van der Waals surface area contributed by atoms with Gasteiger partial charge in [0.15, 0.2) is 5.82 Å². The molecule has 0 aliphatic rings. The highest BCUT2D eigenvalue weighted by Gasteiger charge is 2.15. The van der Waals surface area contributed by atoms with Gasteiger partial charge in [-0.2, -0.15) is 4.98 Å². The first kappa shape index (κ1) is 13.7. The Morgan fingerprint density at radius 2 is 1.95 bits per heavy atom. The van der Waals surface area contributed by atoms with Crippen LogP contribution < -0.4 is 5.73 Å². The van der Waals surface area contributed by atoms with Gasteiger partial charge in [0.25, 0.3) is 0 Å². The molecule has 0 aliphatic carbocycles. The number of rotatable bonds is 6. The van der Waals surface area contributed by atoms with E-state index in [0.717, 1.165) is 18.7 Å². The lowest BCUT2D eigenvalue weighted by atomic mass is 10.1. The lowest BCUT2D eigenvalue weighted by molar-refractivity contribution is 0.349. The van der Waals surface area contributed by atoms with Gasteiger partial charge in [-0.25, -0.2) is 0 Å². The number of hydrogen-bond donors (Lipinski definition) is 1. The molecule has 0 amide bonds. The Morgan fingerprint density at radius 1 is 1.21 bits per heavy atom. The van der Waals surface area contributed by atoms with Crippen LogP contribution in [0.5, 0.6) is 0 Å². The minimum absolute atomic E-state index is 0.234. The van der Waals surface area contributed by atoms with Crippen molar-refractivity contribution in [3.05, 3.63) is 47.6 Å². The first-order valence-electron chi connectivity index (χ1n) is 6.77. The average molecular weight is 259 g/mol. The number of hydrogen-bond acceptors (Lipinski definition) is 4. The Hall–Kier alpha value is -1.68. The summed E-state index contributed by atoms with van der Waals surface area (Å²) in [7, 11) is 0. The van der Waals surface area contributed by atoms with E-state index in [1.54, 1.807) is 0 Å². The molecule has 4 nitrogen and oxygen atoms in total. The van der Waals surface area contributed by atoms with Gasteiger partial charge in [-0.3, -0.25) is 0 Å². The Kier molecular flexibility index (Phi) is 4.68. The molecule has 0 bridgehead atoms. The largest absolute Gasteiger partial charge is 0.338 e. The molecule has 1 aromatic heterocycles. The Labute approximate surface area is 114 Å².